The maximum atomic E-state index is 13.0. The van der Waals surface area contributed by atoms with Crippen LogP contribution < -0.4 is 10.6 Å². The molecule has 26 heavy (non-hydrogen) atoms. The zero-order chi connectivity index (χ0) is 18.5. The lowest BCUT2D eigenvalue weighted by Gasteiger charge is -2.08. The molecule has 0 aliphatic rings. The Hall–Kier alpha value is -3.03. The van der Waals surface area contributed by atoms with Gasteiger partial charge in [0.05, 0.1) is 0 Å². The molecule has 2 heterocycles. The van der Waals surface area contributed by atoms with Crippen molar-refractivity contribution in [1.82, 2.24) is 25.1 Å². The Balaban J connectivity index is 1.67. The minimum absolute atomic E-state index is 0.0256. The molecule has 0 fully saturated rings. The molecule has 3 rings (SSSR count). The van der Waals surface area contributed by atoms with E-state index in [0.717, 1.165) is 5.56 Å². The van der Waals surface area contributed by atoms with Crippen LogP contribution in [0.4, 0.5) is 10.2 Å². The Morgan fingerprint density at radius 3 is 2.65 bits per heavy atom. The number of anilines is 1. The van der Waals surface area contributed by atoms with Gasteiger partial charge in [-0.2, -0.15) is 4.52 Å². The van der Waals surface area contributed by atoms with Crippen molar-refractivity contribution in [3.8, 4) is 0 Å². The molecule has 8 heteroatoms. The summed E-state index contributed by atoms with van der Waals surface area (Å²) in [6.45, 7) is 4.36. The van der Waals surface area contributed by atoms with Crippen LogP contribution in [-0.4, -0.2) is 31.8 Å². The van der Waals surface area contributed by atoms with E-state index in [0.29, 0.717) is 36.7 Å². The monoisotopic (exact) mass is 356 g/mol. The number of fused-ring (bicyclic) bond motifs is 1. The molecule has 0 radical (unpaired) electrons. The first-order valence-corrected chi connectivity index (χ1v) is 8.50. The Labute approximate surface area is 150 Å². The SMILES string of the molecule is CC(C)NC(=O)CCc1nnc2ccc(NCc3ccc(F)cc3)nn12. The lowest BCUT2D eigenvalue weighted by atomic mass is 10.2. The summed E-state index contributed by atoms with van der Waals surface area (Å²) in [5.41, 5.74) is 1.57. The Bertz CT molecular complexity index is 890. The van der Waals surface area contributed by atoms with E-state index in [1.807, 2.05) is 26.0 Å². The number of halogens is 1. The highest BCUT2D eigenvalue weighted by Gasteiger charge is 2.11. The molecule has 2 aromatic heterocycles. The maximum Gasteiger partial charge on any atom is 0.220 e. The van der Waals surface area contributed by atoms with E-state index in [9.17, 15) is 9.18 Å². The molecular weight excluding hydrogens is 335 g/mol. The van der Waals surface area contributed by atoms with Crippen LogP contribution in [0.5, 0.6) is 0 Å². The summed E-state index contributed by atoms with van der Waals surface area (Å²) in [6, 6.07) is 10.0. The van der Waals surface area contributed by atoms with Crippen LogP contribution in [0.3, 0.4) is 0 Å². The van der Waals surface area contributed by atoms with E-state index in [1.165, 1.54) is 12.1 Å². The predicted molar refractivity (Wildman–Crippen MR) is 96.1 cm³/mol. The number of aromatic nitrogens is 4. The van der Waals surface area contributed by atoms with Crippen LogP contribution in [0, 0.1) is 5.82 Å². The molecule has 3 aromatic rings. The fourth-order valence-electron chi connectivity index (χ4n) is 2.50. The average molecular weight is 356 g/mol. The third-order valence-electron chi connectivity index (χ3n) is 3.74. The van der Waals surface area contributed by atoms with Gasteiger partial charge in [0.2, 0.25) is 5.91 Å². The van der Waals surface area contributed by atoms with Gasteiger partial charge in [-0.3, -0.25) is 4.79 Å². The maximum absolute atomic E-state index is 13.0. The smallest absolute Gasteiger partial charge is 0.220 e. The van der Waals surface area contributed by atoms with Gasteiger partial charge in [-0.05, 0) is 43.7 Å². The molecule has 7 nitrogen and oxygen atoms in total. The Morgan fingerprint density at radius 1 is 1.15 bits per heavy atom. The van der Waals surface area contributed by atoms with Crippen LogP contribution in [0.1, 0.15) is 31.7 Å². The van der Waals surface area contributed by atoms with Crippen molar-refractivity contribution >= 4 is 17.4 Å². The van der Waals surface area contributed by atoms with E-state index in [4.69, 9.17) is 0 Å². The number of hydrogen-bond donors (Lipinski definition) is 2. The van der Waals surface area contributed by atoms with Gasteiger partial charge in [0, 0.05) is 25.4 Å². The highest BCUT2D eigenvalue weighted by atomic mass is 19.1. The van der Waals surface area contributed by atoms with Crippen molar-refractivity contribution in [3.05, 3.63) is 53.6 Å². The fourth-order valence-corrected chi connectivity index (χ4v) is 2.50. The number of hydrogen-bond acceptors (Lipinski definition) is 5. The number of amides is 1. The summed E-state index contributed by atoms with van der Waals surface area (Å²) in [5.74, 6) is 0.991. The average Bonchev–Trinajstić information content (AvgIpc) is 3.01. The van der Waals surface area contributed by atoms with Crippen LogP contribution >= 0.6 is 0 Å². The zero-order valence-electron chi connectivity index (χ0n) is 14.7. The van der Waals surface area contributed by atoms with Gasteiger partial charge >= 0.3 is 0 Å². The summed E-state index contributed by atoms with van der Waals surface area (Å²) in [4.78, 5) is 11.8. The molecule has 0 atom stereocenters. The molecule has 0 spiro atoms. The van der Waals surface area contributed by atoms with Gasteiger partial charge in [-0.25, -0.2) is 4.39 Å². The van der Waals surface area contributed by atoms with E-state index < -0.39 is 0 Å². The second-order valence-electron chi connectivity index (χ2n) is 6.31. The molecule has 0 saturated heterocycles. The highest BCUT2D eigenvalue weighted by molar-refractivity contribution is 5.76. The van der Waals surface area contributed by atoms with E-state index in [-0.39, 0.29) is 17.8 Å². The molecule has 0 aliphatic carbocycles. The number of nitrogens with zero attached hydrogens (tertiary/aromatic N) is 4. The van der Waals surface area contributed by atoms with Crippen molar-refractivity contribution in [2.75, 3.05) is 5.32 Å². The standard InChI is InChI=1S/C18H21FN6O/c1-12(2)21-18(26)10-9-17-23-22-16-8-7-15(24-25(16)17)20-11-13-3-5-14(19)6-4-13/h3-8,12H,9-11H2,1-2H3,(H,20,24)(H,21,26). The van der Waals surface area contributed by atoms with Crippen molar-refractivity contribution in [1.29, 1.82) is 0 Å². The second kappa shape index (κ2) is 7.90. The van der Waals surface area contributed by atoms with Crippen LogP contribution in [0.25, 0.3) is 5.65 Å². The molecule has 0 saturated carbocycles. The molecule has 1 aromatic carbocycles. The number of carbonyl (C=O) groups is 1. The van der Waals surface area contributed by atoms with Crippen LogP contribution in [-0.2, 0) is 17.8 Å². The highest BCUT2D eigenvalue weighted by Crippen LogP contribution is 2.11. The molecular formula is C18H21FN6O. The third kappa shape index (κ3) is 4.53. The van der Waals surface area contributed by atoms with Crippen LogP contribution in [0.15, 0.2) is 36.4 Å². The summed E-state index contributed by atoms with van der Waals surface area (Å²) in [6.07, 6.45) is 0.780. The first kappa shape index (κ1) is 17.8. The predicted octanol–water partition coefficient (Wildman–Crippen LogP) is 2.33. The van der Waals surface area contributed by atoms with E-state index in [1.54, 1.807) is 16.6 Å². The van der Waals surface area contributed by atoms with E-state index >= 15 is 0 Å². The largest absolute Gasteiger partial charge is 0.365 e. The van der Waals surface area contributed by atoms with Gasteiger partial charge in [0.25, 0.3) is 0 Å². The van der Waals surface area contributed by atoms with Crippen LogP contribution in [0.2, 0.25) is 0 Å². The minimum atomic E-state index is -0.260. The summed E-state index contributed by atoms with van der Waals surface area (Å²) in [5, 5.41) is 18.7. The number of nitrogens with one attached hydrogen (secondary N) is 2. The number of benzene rings is 1. The number of rotatable bonds is 7. The molecule has 0 aliphatic heterocycles. The zero-order valence-corrected chi connectivity index (χ0v) is 14.7. The molecule has 0 unspecified atom stereocenters. The third-order valence-corrected chi connectivity index (χ3v) is 3.74. The quantitative estimate of drug-likeness (QED) is 0.679. The molecule has 1 amide bonds. The molecule has 136 valence electrons. The number of aryl methyl sites for hydroxylation is 1. The van der Waals surface area contributed by atoms with Gasteiger partial charge in [0.1, 0.15) is 11.6 Å². The topological polar surface area (TPSA) is 84.2 Å². The first-order chi connectivity index (χ1) is 12.5. The van der Waals surface area contributed by atoms with Crippen molar-refractivity contribution in [3.63, 3.8) is 0 Å². The molecule has 0 bridgehead atoms. The summed E-state index contributed by atoms with van der Waals surface area (Å²) >= 11 is 0. The van der Waals surface area contributed by atoms with E-state index in [2.05, 4.69) is 25.9 Å². The normalized spacial score (nSPS) is 11.1. The summed E-state index contributed by atoms with van der Waals surface area (Å²) < 4.78 is 14.6. The minimum Gasteiger partial charge on any atom is -0.365 e. The lowest BCUT2D eigenvalue weighted by Crippen LogP contribution is -2.30. The van der Waals surface area contributed by atoms with Crippen molar-refractivity contribution < 1.29 is 9.18 Å². The first-order valence-electron chi connectivity index (χ1n) is 8.50. The lowest BCUT2D eigenvalue weighted by molar-refractivity contribution is -0.121. The summed E-state index contributed by atoms with van der Waals surface area (Å²) in [7, 11) is 0. The second-order valence-corrected chi connectivity index (χ2v) is 6.31. The van der Waals surface area contributed by atoms with Gasteiger partial charge in [-0.15, -0.1) is 15.3 Å². The van der Waals surface area contributed by atoms with Crippen molar-refractivity contribution in [2.45, 2.75) is 39.3 Å². The molecule has 2 N–H and O–H groups in total. The Morgan fingerprint density at radius 2 is 1.92 bits per heavy atom. The van der Waals surface area contributed by atoms with Gasteiger partial charge in [0.15, 0.2) is 11.5 Å². The van der Waals surface area contributed by atoms with Gasteiger partial charge < -0.3 is 10.6 Å². The fraction of sp³-hybridized carbons (Fsp3) is 0.333. The van der Waals surface area contributed by atoms with Gasteiger partial charge in [-0.1, -0.05) is 12.1 Å². The number of carbonyl (C=O) groups excluding carboxylic acids is 1. The Kier molecular flexibility index (Phi) is 5.40. The van der Waals surface area contributed by atoms with Crippen molar-refractivity contribution in [2.24, 2.45) is 0 Å².